The van der Waals surface area contributed by atoms with Crippen molar-refractivity contribution in [2.24, 2.45) is 4.99 Å². The van der Waals surface area contributed by atoms with E-state index in [0.717, 1.165) is 16.3 Å². The Bertz CT molecular complexity index is 1280. The molecule has 4 rings (SSSR count). The van der Waals surface area contributed by atoms with E-state index in [9.17, 15) is 13.2 Å². The van der Waals surface area contributed by atoms with Crippen LogP contribution in [0, 0.1) is 0 Å². The first-order chi connectivity index (χ1) is 14.4. The molecule has 8 heteroatoms. The van der Waals surface area contributed by atoms with Gasteiger partial charge in [0.2, 0.25) is 10.0 Å². The van der Waals surface area contributed by atoms with Crippen molar-refractivity contribution < 1.29 is 13.2 Å². The molecule has 30 heavy (non-hydrogen) atoms. The number of carbonyl (C=O) groups excluding carboxylic acids is 1. The molecule has 0 saturated carbocycles. The van der Waals surface area contributed by atoms with Crippen molar-refractivity contribution in [2.45, 2.75) is 5.75 Å². The van der Waals surface area contributed by atoms with E-state index in [2.05, 4.69) is 15.0 Å². The van der Waals surface area contributed by atoms with Crippen molar-refractivity contribution in [1.29, 1.82) is 0 Å². The lowest BCUT2D eigenvalue weighted by atomic mass is 10.1. The van der Waals surface area contributed by atoms with Crippen LogP contribution in [0.3, 0.4) is 0 Å². The highest BCUT2D eigenvalue weighted by Gasteiger charge is 2.23. The van der Waals surface area contributed by atoms with Gasteiger partial charge in [0.1, 0.15) is 0 Å². The fourth-order valence-electron chi connectivity index (χ4n) is 3.01. The van der Waals surface area contributed by atoms with Crippen LogP contribution in [-0.2, 0) is 20.6 Å². The lowest BCUT2D eigenvalue weighted by Gasteiger charge is -2.03. The summed E-state index contributed by atoms with van der Waals surface area (Å²) in [5.41, 5.74) is 2.24. The maximum atomic E-state index is 12.3. The molecule has 0 radical (unpaired) electrons. The number of amides is 1. The minimum Gasteiger partial charge on any atom is -0.300 e. The summed E-state index contributed by atoms with van der Waals surface area (Å²) >= 11 is 1.28. The third kappa shape index (κ3) is 4.79. The van der Waals surface area contributed by atoms with Gasteiger partial charge in [0.05, 0.1) is 16.3 Å². The lowest BCUT2D eigenvalue weighted by molar-refractivity contribution is -0.115. The van der Waals surface area contributed by atoms with E-state index in [1.165, 1.54) is 18.8 Å². The molecule has 0 aliphatic carbocycles. The molecule has 1 amide bonds. The zero-order valence-corrected chi connectivity index (χ0v) is 17.8. The third-order valence-electron chi connectivity index (χ3n) is 4.56. The smallest absolute Gasteiger partial charge is 0.264 e. The van der Waals surface area contributed by atoms with Gasteiger partial charge in [-0.25, -0.2) is 18.1 Å². The molecule has 0 bridgehead atoms. The van der Waals surface area contributed by atoms with Gasteiger partial charge in [0.25, 0.3) is 5.91 Å². The lowest BCUT2D eigenvalue weighted by Crippen LogP contribution is -2.20. The third-order valence-corrected chi connectivity index (χ3v) is 6.80. The quantitative estimate of drug-likeness (QED) is 0.595. The fraction of sp³-hybridized carbons (Fsp3) is 0.0909. The molecule has 2 N–H and O–H groups in total. The van der Waals surface area contributed by atoms with Gasteiger partial charge in [0.15, 0.2) is 5.17 Å². The zero-order valence-electron chi connectivity index (χ0n) is 16.1. The van der Waals surface area contributed by atoms with Crippen LogP contribution < -0.4 is 10.0 Å². The Hall–Kier alpha value is -2.94. The number of nitrogens with one attached hydrogen (secondary N) is 2. The van der Waals surface area contributed by atoms with Crippen LogP contribution in [0.1, 0.15) is 11.1 Å². The van der Waals surface area contributed by atoms with Crippen LogP contribution in [0.4, 0.5) is 5.69 Å². The normalized spacial score (nSPS) is 17.0. The van der Waals surface area contributed by atoms with Crippen molar-refractivity contribution in [1.82, 2.24) is 10.0 Å². The van der Waals surface area contributed by atoms with Crippen molar-refractivity contribution in [3.63, 3.8) is 0 Å². The molecule has 152 valence electrons. The van der Waals surface area contributed by atoms with Gasteiger partial charge in [-0.1, -0.05) is 48.5 Å². The van der Waals surface area contributed by atoms with E-state index in [0.29, 0.717) is 21.3 Å². The van der Waals surface area contributed by atoms with Gasteiger partial charge in [-0.2, -0.15) is 0 Å². The van der Waals surface area contributed by atoms with Crippen molar-refractivity contribution in [2.75, 3.05) is 7.05 Å². The van der Waals surface area contributed by atoms with Gasteiger partial charge < -0.3 is 5.32 Å². The van der Waals surface area contributed by atoms with E-state index < -0.39 is 10.0 Å². The monoisotopic (exact) mass is 437 g/mol. The van der Waals surface area contributed by atoms with Gasteiger partial charge in [-0.15, -0.1) is 0 Å². The highest BCUT2D eigenvalue weighted by atomic mass is 32.2. The van der Waals surface area contributed by atoms with Crippen LogP contribution in [0.5, 0.6) is 0 Å². The minimum absolute atomic E-state index is 0.0928. The molecule has 0 unspecified atom stereocenters. The Morgan fingerprint density at radius 1 is 1.03 bits per heavy atom. The zero-order chi connectivity index (χ0) is 21.1. The molecule has 3 aromatic rings. The predicted octanol–water partition coefficient (Wildman–Crippen LogP) is 3.78. The summed E-state index contributed by atoms with van der Waals surface area (Å²) in [4.78, 5) is 17.4. The average molecular weight is 438 g/mol. The predicted molar refractivity (Wildman–Crippen MR) is 123 cm³/mol. The number of sulfonamides is 1. The second-order valence-corrected chi connectivity index (χ2v) is 9.68. The summed E-state index contributed by atoms with van der Waals surface area (Å²) in [5.74, 6) is -0.284. The summed E-state index contributed by atoms with van der Waals surface area (Å²) in [7, 11) is -1.93. The van der Waals surface area contributed by atoms with Crippen LogP contribution >= 0.6 is 11.8 Å². The minimum atomic E-state index is -3.32. The fourth-order valence-corrected chi connectivity index (χ4v) is 4.62. The number of fused-ring (bicyclic) bond motifs is 1. The van der Waals surface area contributed by atoms with Crippen molar-refractivity contribution >= 4 is 55.4 Å². The van der Waals surface area contributed by atoms with Gasteiger partial charge in [-0.3, -0.25) is 4.79 Å². The molecule has 1 aliphatic rings. The Balaban J connectivity index is 1.51. The number of nitrogens with zero attached hydrogens (tertiary/aromatic N) is 1. The van der Waals surface area contributed by atoms with E-state index in [4.69, 9.17) is 0 Å². The number of aliphatic imine (C=N–C) groups is 1. The molecule has 3 aromatic carbocycles. The highest BCUT2D eigenvalue weighted by molar-refractivity contribution is 8.18. The number of hydrogen-bond acceptors (Lipinski definition) is 5. The molecular weight excluding hydrogens is 418 g/mol. The van der Waals surface area contributed by atoms with E-state index >= 15 is 0 Å². The van der Waals surface area contributed by atoms with Crippen LogP contribution in [0.15, 0.2) is 76.6 Å². The average Bonchev–Trinajstić information content (AvgIpc) is 3.08. The Kier molecular flexibility index (Phi) is 5.72. The first-order valence-corrected chi connectivity index (χ1v) is 11.7. The maximum absolute atomic E-state index is 12.3. The summed E-state index contributed by atoms with van der Waals surface area (Å²) in [6.45, 7) is 0. The van der Waals surface area contributed by atoms with Crippen LogP contribution in [0.2, 0.25) is 0 Å². The van der Waals surface area contributed by atoms with E-state index in [-0.39, 0.29) is 11.7 Å². The van der Waals surface area contributed by atoms with Gasteiger partial charge >= 0.3 is 0 Å². The molecule has 1 fully saturated rings. The van der Waals surface area contributed by atoms with Crippen molar-refractivity contribution in [3.05, 3.63) is 82.8 Å². The summed E-state index contributed by atoms with van der Waals surface area (Å²) < 4.78 is 25.6. The molecule has 0 aromatic heterocycles. The standard InChI is InChI=1S/C22H19N3O3S2/c1-23-30(27,28)14-15-7-10-19(11-8-15)24-22-25-21(26)20(29-22)13-16-6-9-17-4-2-3-5-18(17)12-16/h2-13,23H,14H2,1H3,(H,24,25,26). The molecular formula is C22H19N3O3S2. The summed E-state index contributed by atoms with van der Waals surface area (Å²) in [5, 5.41) is 5.52. The van der Waals surface area contributed by atoms with Gasteiger partial charge in [0, 0.05) is 0 Å². The van der Waals surface area contributed by atoms with Crippen LogP contribution in [0.25, 0.3) is 16.8 Å². The largest absolute Gasteiger partial charge is 0.300 e. The topological polar surface area (TPSA) is 87.6 Å². The number of benzene rings is 3. The molecule has 0 atom stereocenters. The number of amidine groups is 1. The number of thioether (sulfide) groups is 1. The molecule has 6 nitrogen and oxygen atoms in total. The molecule has 1 heterocycles. The Morgan fingerprint density at radius 2 is 1.77 bits per heavy atom. The maximum Gasteiger partial charge on any atom is 0.264 e. The molecule has 1 saturated heterocycles. The summed E-state index contributed by atoms with van der Waals surface area (Å²) in [6.07, 6.45) is 1.85. The highest BCUT2D eigenvalue weighted by Crippen LogP contribution is 2.29. The van der Waals surface area contributed by atoms with Crippen LogP contribution in [-0.4, -0.2) is 26.5 Å². The van der Waals surface area contributed by atoms with Crippen molar-refractivity contribution in [3.8, 4) is 0 Å². The Labute approximate surface area is 179 Å². The molecule has 1 aliphatic heterocycles. The second kappa shape index (κ2) is 8.43. The second-order valence-electron chi connectivity index (χ2n) is 6.72. The summed E-state index contributed by atoms with van der Waals surface area (Å²) in [6, 6.07) is 21.0. The number of rotatable bonds is 5. The number of hydrogen-bond donors (Lipinski definition) is 2. The van der Waals surface area contributed by atoms with E-state index in [1.54, 1.807) is 24.3 Å². The molecule has 0 spiro atoms. The number of carbonyl (C=O) groups is 1. The van der Waals surface area contributed by atoms with E-state index in [1.807, 2.05) is 48.5 Å². The SMILES string of the molecule is CNS(=O)(=O)Cc1ccc(N=C2NC(=O)C(=Cc3ccc4ccccc4c3)S2)cc1. The Morgan fingerprint density at radius 3 is 2.50 bits per heavy atom. The first-order valence-electron chi connectivity index (χ1n) is 9.20. The first kappa shape index (κ1) is 20.3. The van der Waals surface area contributed by atoms with Gasteiger partial charge in [-0.05, 0) is 65.0 Å².